The van der Waals surface area contributed by atoms with Crippen molar-refractivity contribution < 1.29 is 23.7 Å². The van der Waals surface area contributed by atoms with E-state index in [4.69, 9.17) is 4.52 Å². The molecule has 1 saturated heterocycles. The third-order valence-electron chi connectivity index (χ3n) is 5.85. The minimum Gasteiger partial charge on any atom is -0.344 e. The Morgan fingerprint density at radius 1 is 1.11 bits per heavy atom. The van der Waals surface area contributed by atoms with Gasteiger partial charge in [0, 0.05) is 0 Å². The minimum atomic E-state index is -0.965. The van der Waals surface area contributed by atoms with Gasteiger partial charge in [0.1, 0.15) is 12.6 Å². The lowest BCUT2D eigenvalue weighted by Gasteiger charge is -2.21. The molecule has 2 heterocycles. The van der Waals surface area contributed by atoms with Crippen LogP contribution in [0.3, 0.4) is 0 Å². The lowest BCUT2D eigenvalue weighted by Crippen LogP contribution is -2.49. The number of aromatic nitrogens is 2. The number of nitrogens with zero attached hydrogens (tertiary/aromatic N) is 3. The first-order chi connectivity index (χ1) is 17.2. The van der Waals surface area contributed by atoms with Crippen LogP contribution in [0.25, 0.3) is 0 Å². The Morgan fingerprint density at radius 3 is 2.56 bits per heavy atom. The first kappa shape index (κ1) is 24.8. The van der Waals surface area contributed by atoms with Gasteiger partial charge in [-0.05, 0) is 24.0 Å². The van der Waals surface area contributed by atoms with Crippen LogP contribution in [0.1, 0.15) is 53.1 Å². The Labute approximate surface area is 208 Å². The molecule has 3 aromatic rings. The van der Waals surface area contributed by atoms with Crippen molar-refractivity contribution in [2.75, 3.05) is 6.54 Å². The van der Waals surface area contributed by atoms with Crippen molar-refractivity contribution in [2.45, 2.75) is 39.3 Å². The van der Waals surface area contributed by atoms with E-state index < -0.39 is 42.3 Å². The molecule has 0 aliphatic carbocycles. The number of ketones is 1. The molecule has 0 radical (unpaired) electrons. The monoisotopic (exact) mass is 489 g/mol. The maximum absolute atomic E-state index is 13.1. The number of hydrogen-bond acceptors (Lipinski definition) is 7. The molecule has 0 spiro atoms. The number of aryl methyl sites for hydroxylation is 1. The van der Waals surface area contributed by atoms with Crippen molar-refractivity contribution in [3.63, 3.8) is 0 Å². The molecule has 186 valence electrons. The molecule has 2 atom stereocenters. The van der Waals surface area contributed by atoms with Crippen LogP contribution in [0.4, 0.5) is 4.79 Å². The minimum absolute atomic E-state index is 0.143. The Hall–Kier alpha value is -4.34. The number of carbonyl (C=O) groups excluding carboxylic acids is 4. The van der Waals surface area contributed by atoms with Crippen molar-refractivity contribution in [2.24, 2.45) is 5.92 Å². The standard InChI is InChI=1S/C26H27N5O5/c1-15(2)21(23(33)24-28-20(36-30-24)13-17-9-7-8-16(3)12-17)27-19(32)14-31-25(34)22(29-26(31)35)18-10-5-4-6-11-18/h4-12,15,21-22H,13-14H2,1-3H3,(H,27,32)(H,29,35). The van der Waals surface area contributed by atoms with Gasteiger partial charge in [0.15, 0.2) is 0 Å². The third-order valence-corrected chi connectivity index (χ3v) is 5.85. The number of urea groups is 1. The van der Waals surface area contributed by atoms with Gasteiger partial charge in [-0.15, -0.1) is 0 Å². The molecule has 1 aliphatic heterocycles. The highest BCUT2D eigenvalue weighted by Crippen LogP contribution is 2.21. The topological polar surface area (TPSA) is 134 Å². The molecular weight excluding hydrogens is 462 g/mol. The summed E-state index contributed by atoms with van der Waals surface area (Å²) in [7, 11) is 0. The number of amides is 4. The van der Waals surface area contributed by atoms with Crippen molar-refractivity contribution in [3.8, 4) is 0 Å². The molecule has 36 heavy (non-hydrogen) atoms. The Kier molecular flexibility index (Phi) is 7.23. The second-order valence-corrected chi connectivity index (χ2v) is 9.05. The molecule has 2 unspecified atom stereocenters. The van der Waals surface area contributed by atoms with Crippen LogP contribution in [0.2, 0.25) is 0 Å². The SMILES string of the molecule is Cc1cccc(Cc2nc(C(=O)C(NC(=O)CN3C(=O)NC(c4ccccc4)C3=O)C(C)C)no2)c1. The normalized spacial score (nSPS) is 16.2. The molecule has 1 fully saturated rings. The Bertz CT molecular complexity index is 1290. The van der Waals surface area contributed by atoms with Crippen molar-refractivity contribution in [1.29, 1.82) is 0 Å². The van der Waals surface area contributed by atoms with Crippen LogP contribution in [-0.2, 0) is 16.0 Å². The predicted molar refractivity (Wildman–Crippen MR) is 129 cm³/mol. The average molecular weight is 490 g/mol. The van der Waals surface area contributed by atoms with E-state index in [-0.39, 0.29) is 17.6 Å². The smallest absolute Gasteiger partial charge is 0.325 e. The maximum atomic E-state index is 13.1. The van der Waals surface area contributed by atoms with Crippen LogP contribution in [0.5, 0.6) is 0 Å². The van der Waals surface area contributed by atoms with E-state index in [9.17, 15) is 19.2 Å². The molecule has 0 saturated carbocycles. The van der Waals surface area contributed by atoms with Crippen LogP contribution in [-0.4, -0.2) is 51.3 Å². The third kappa shape index (κ3) is 5.48. The number of rotatable bonds is 9. The van der Waals surface area contributed by atoms with E-state index in [1.54, 1.807) is 44.2 Å². The zero-order valence-corrected chi connectivity index (χ0v) is 20.2. The fourth-order valence-electron chi connectivity index (χ4n) is 4.00. The van der Waals surface area contributed by atoms with Crippen molar-refractivity contribution in [1.82, 2.24) is 25.7 Å². The van der Waals surface area contributed by atoms with Gasteiger partial charge >= 0.3 is 6.03 Å². The van der Waals surface area contributed by atoms with Gasteiger partial charge in [0.25, 0.3) is 5.91 Å². The van der Waals surface area contributed by atoms with Gasteiger partial charge < -0.3 is 15.2 Å². The molecule has 4 amide bonds. The van der Waals surface area contributed by atoms with E-state index >= 15 is 0 Å². The van der Waals surface area contributed by atoms with E-state index in [0.29, 0.717) is 12.0 Å². The number of hydrogen-bond donors (Lipinski definition) is 2. The first-order valence-corrected chi connectivity index (χ1v) is 11.6. The molecule has 4 rings (SSSR count). The molecule has 2 N–H and O–H groups in total. The lowest BCUT2D eigenvalue weighted by molar-refractivity contribution is -0.132. The summed E-state index contributed by atoms with van der Waals surface area (Å²) >= 11 is 0. The number of imide groups is 1. The summed E-state index contributed by atoms with van der Waals surface area (Å²) in [6.07, 6.45) is 0.370. The van der Waals surface area contributed by atoms with Crippen molar-refractivity contribution in [3.05, 3.63) is 83.0 Å². The highest BCUT2D eigenvalue weighted by atomic mass is 16.5. The maximum Gasteiger partial charge on any atom is 0.325 e. The number of nitrogens with one attached hydrogen (secondary N) is 2. The summed E-state index contributed by atoms with van der Waals surface area (Å²) in [5, 5.41) is 9.00. The second-order valence-electron chi connectivity index (χ2n) is 9.05. The molecule has 1 aromatic heterocycles. The van der Waals surface area contributed by atoms with E-state index in [0.717, 1.165) is 16.0 Å². The van der Waals surface area contributed by atoms with Gasteiger partial charge in [-0.25, -0.2) is 4.79 Å². The number of benzene rings is 2. The highest BCUT2D eigenvalue weighted by molar-refractivity contribution is 6.07. The Balaban J connectivity index is 1.40. The molecule has 10 nitrogen and oxygen atoms in total. The average Bonchev–Trinajstić information content (AvgIpc) is 3.42. The largest absolute Gasteiger partial charge is 0.344 e. The summed E-state index contributed by atoms with van der Waals surface area (Å²) in [4.78, 5) is 56.0. The summed E-state index contributed by atoms with van der Waals surface area (Å²) in [5.74, 6) is -1.87. The van der Waals surface area contributed by atoms with Crippen molar-refractivity contribution >= 4 is 23.6 Å². The van der Waals surface area contributed by atoms with Gasteiger partial charge in [-0.1, -0.05) is 79.2 Å². The number of Topliss-reactive ketones (excluding diaryl/α,β-unsaturated/α-hetero) is 1. The summed E-state index contributed by atoms with van der Waals surface area (Å²) in [6.45, 7) is 4.98. The van der Waals surface area contributed by atoms with E-state index in [1.807, 2.05) is 31.2 Å². The highest BCUT2D eigenvalue weighted by Gasteiger charge is 2.40. The van der Waals surface area contributed by atoms with Gasteiger partial charge in [-0.2, -0.15) is 4.98 Å². The molecule has 0 bridgehead atoms. The second kappa shape index (κ2) is 10.5. The summed E-state index contributed by atoms with van der Waals surface area (Å²) in [6, 6.07) is 14.1. The zero-order chi connectivity index (χ0) is 25.8. The quantitative estimate of drug-likeness (QED) is 0.348. The van der Waals surface area contributed by atoms with Gasteiger partial charge in [0.05, 0.1) is 12.5 Å². The number of carbonyl (C=O) groups is 4. The summed E-state index contributed by atoms with van der Waals surface area (Å²) < 4.78 is 5.25. The van der Waals surface area contributed by atoms with Crippen LogP contribution < -0.4 is 10.6 Å². The lowest BCUT2D eigenvalue weighted by atomic mass is 9.99. The van der Waals surface area contributed by atoms with Crippen LogP contribution in [0, 0.1) is 12.8 Å². The fourth-order valence-corrected chi connectivity index (χ4v) is 4.00. The van der Waals surface area contributed by atoms with Gasteiger partial charge in [-0.3, -0.25) is 19.3 Å². The van der Waals surface area contributed by atoms with Crippen LogP contribution >= 0.6 is 0 Å². The fraction of sp³-hybridized carbons (Fsp3) is 0.308. The molecule has 2 aromatic carbocycles. The Morgan fingerprint density at radius 2 is 1.86 bits per heavy atom. The molecule has 1 aliphatic rings. The predicted octanol–water partition coefficient (Wildman–Crippen LogP) is 2.59. The molecule has 10 heteroatoms. The zero-order valence-electron chi connectivity index (χ0n) is 20.2. The van der Waals surface area contributed by atoms with Crippen LogP contribution in [0.15, 0.2) is 59.1 Å². The molecular formula is C26H27N5O5. The summed E-state index contributed by atoms with van der Waals surface area (Å²) in [5.41, 5.74) is 2.67. The van der Waals surface area contributed by atoms with E-state index in [2.05, 4.69) is 20.8 Å². The van der Waals surface area contributed by atoms with E-state index in [1.165, 1.54) is 0 Å². The first-order valence-electron chi connectivity index (χ1n) is 11.6. The van der Waals surface area contributed by atoms with Gasteiger partial charge in [0.2, 0.25) is 23.4 Å².